The molecular formula is C15H18F3N5O. The molecule has 9 heteroatoms. The predicted octanol–water partition coefficient (Wildman–Crippen LogP) is 1.94. The Bertz CT molecular complexity index is 762. The number of fused-ring (bicyclic) bond motifs is 1. The van der Waals surface area contributed by atoms with Crippen LogP contribution in [0.25, 0.3) is 0 Å². The van der Waals surface area contributed by atoms with E-state index in [0.717, 1.165) is 11.9 Å². The van der Waals surface area contributed by atoms with Gasteiger partial charge in [-0.2, -0.15) is 18.3 Å². The highest BCUT2D eigenvalue weighted by atomic mass is 19.4. The van der Waals surface area contributed by atoms with Gasteiger partial charge >= 0.3 is 6.18 Å². The standard InChI is InChI=1S/C15H18F3N5O/c1-9-5-11(22(2)21-9)14(24)19-6-10-3-4-13-20-12(15(16,17)18)8-23(13)7-10/h5,8,10H,3-4,6-7H2,1-2H3,(H,19,24)/t10-/m0/s1. The fourth-order valence-corrected chi connectivity index (χ4v) is 2.97. The van der Waals surface area contributed by atoms with Crippen LogP contribution in [0.5, 0.6) is 0 Å². The summed E-state index contributed by atoms with van der Waals surface area (Å²) in [6.45, 7) is 2.63. The Hall–Kier alpha value is -2.32. The van der Waals surface area contributed by atoms with Gasteiger partial charge in [0.05, 0.1) is 5.69 Å². The number of alkyl halides is 3. The van der Waals surface area contributed by atoms with Crippen LogP contribution in [0, 0.1) is 12.8 Å². The number of hydrogen-bond acceptors (Lipinski definition) is 3. The summed E-state index contributed by atoms with van der Waals surface area (Å²) in [7, 11) is 1.69. The minimum Gasteiger partial charge on any atom is -0.350 e. The number of nitrogens with zero attached hydrogens (tertiary/aromatic N) is 4. The maximum absolute atomic E-state index is 12.7. The Kier molecular flexibility index (Phi) is 4.10. The highest BCUT2D eigenvalue weighted by molar-refractivity contribution is 5.92. The Morgan fingerprint density at radius 2 is 2.21 bits per heavy atom. The molecule has 1 atom stereocenters. The van der Waals surface area contributed by atoms with Gasteiger partial charge in [0.25, 0.3) is 5.91 Å². The van der Waals surface area contributed by atoms with E-state index >= 15 is 0 Å². The lowest BCUT2D eigenvalue weighted by molar-refractivity contribution is -0.141. The molecule has 130 valence electrons. The third-order valence-electron chi connectivity index (χ3n) is 4.17. The normalized spacial score (nSPS) is 17.6. The highest BCUT2D eigenvalue weighted by Gasteiger charge is 2.35. The van der Waals surface area contributed by atoms with E-state index < -0.39 is 11.9 Å². The lowest BCUT2D eigenvalue weighted by Gasteiger charge is -2.23. The van der Waals surface area contributed by atoms with E-state index in [1.807, 2.05) is 0 Å². The molecule has 0 unspecified atom stereocenters. The molecule has 0 aromatic carbocycles. The molecule has 0 bridgehead atoms. The van der Waals surface area contributed by atoms with Gasteiger partial charge in [-0.05, 0) is 25.3 Å². The molecule has 0 fully saturated rings. The van der Waals surface area contributed by atoms with Crippen LogP contribution in [0.3, 0.4) is 0 Å². The monoisotopic (exact) mass is 341 g/mol. The summed E-state index contributed by atoms with van der Waals surface area (Å²) in [6.07, 6.45) is -2.21. The number of amides is 1. The summed E-state index contributed by atoms with van der Waals surface area (Å²) in [5.74, 6) is 0.295. The summed E-state index contributed by atoms with van der Waals surface area (Å²) >= 11 is 0. The molecule has 2 aromatic rings. The van der Waals surface area contributed by atoms with Crippen molar-refractivity contribution in [2.45, 2.75) is 32.5 Å². The van der Waals surface area contributed by atoms with Gasteiger partial charge in [-0.25, -0.2) is 4.98 Å². The van der Waals surface area contributed by atoms with E-state index in [2.05, 4.69) is 15.4 Å². The first-order chi connectivity index (χ1) is 11.2. The third kappa shape index (κ3) is 3.29. The number of carbonyl (C=O) groups is 1. The largest absolute Gasteiger partial charge is 0.434 e. The molecule has 1 N–H and O–H groups in total. The summed E-state index contributed by atoms with van der Waals surface area (Å²) in [5.41, 5.74) is 0.363. The second kappa shape index (κ2) is 5.95. The van der Waals surface area contributed by atoms with Crippen molar-refractivity contribution in [3.63, 3.8) is 0 Å². The quantitative estimate of drug-likeness (QED) is 0.928. The molecule has 0 spiro atoms. The fraction of sp³-hybridized carbons (Fsp3) is 0.533. The molecule has 2 aromatic heterocycles. The zero-order valence-corrected chi connectivity index (χ0v) is 13.4. The number of aromatic nitrogens is 4. The van der Waals surface area contributed by atoms with Crippen LogP contribution in [-0.4, -0.2) is 31.8 Å². The molecule has 3 heterocycles. The van der Waals surface area contributed by atoms with E-state index in [1.165, 1.54) is 9.25 Å². The summed E-state index contributed by atoms with van der Waals surface area (Å²) in [4.78, 5) is 15.8. The Morgan fingerprint density at radius 3 is 2.83 bits per heavy atom. The van der Waals surface area contributed by atoms with Gasteiger partial charge in [0.1, 0.15) is 11.5 Å². The van der Waals surface area contributed by atoms with Crippen LogP contribution >= 0.6 is 0 Å². The van der Waals surface area contributed by atoms with Crippen LogP contribution in [0.15, 0.2) is 12.3 Å². The molecule has 0 aliphatic carbocycles. The molecule has 0 saturated carbocycles. The van der Waals surface area contributed by atoms with Crippen molar-refractivity contribution in [2.75, 3.05) is 6.54 Å². The van der Waals surface area contributed by atoms with E-state index in [-0.39, 0.29) is 11.8 Å². The number of aryl methyl sites for hydroxylation is 3. The van der Waals surface area contributed by atoms with Gasteiger partial charge in [0.15, 0.2) is 5.69 Å². The van der Waals surface area contributed by atoms with Crippen molar-refractivity contribution >= 4 is 5.91 Å². The maximum atomic E-state index is 12.7. The van der Waals surface area contributed by atoms with E-state index in [1.54, 1.807) is 20.0 Å². The number of nitrogens with one attached hydrogen (secondary N) is 1. The molecule has 1 aliphatic rings. The first-order valence-electron chi connectivity index (χ1n) is 7.66. The van der Waals surface area contributed by atoms with Crippen molar-refractivity contribution in [3.05, 3.63) is 35.2 Å². The molecule has 1 amide bonds. The van der Waals surface area contributed by atoms with Gasteiger partial charge < -0.3 is 9.88 Å². The number of imidazole rings is 1. The summed E-state index contributed by atoms with van der Waals surface area (Å²) in [6, 6.07) is 1.69. The molecule has 3 rings (SSSR count). The molecule has 1 aliphatic heterocycles. The molecule has 6 nitrogen and oxygen atoms in total. The Balaban J connectivity index is 1.61. The van der Waals surface area contributed by atoms with Crippen molar-refractivity contribution in [2.24, 2.45) is 13.0 Å². The molecule has 0 radical (unpaired) electrons. The minimum absolute atomic E-state index is 0.0751. The lowest BCUT2D eigenvalue weighted by atomic mass is 9.99. The molecular weight excluding hydrogens is 323 g/mol. The number of rotatable bonds is 3. The average Bonchev–Trinajstić information content (AvgIpc) is 3.06. The highest BCUT2D eigenvalue weighted by Crippen LogP contribution is 2.30. The van der Waals surface area contributed by atoms with E-state index in [4.69, 9.17) is 0 Å². The van der Waals surface area contributed by atoms with Crippen LogP contribution in [0.1, 0.15) is 34.1 Å². The average molecular weight is 341 g/mol. The third-order valence-corrected chi connectivity index (χ3v) is 4.17. The second-order valence-electron chi connectivity index (χ2n) is 6.10. The van der Waals surface area contributed by atoms with Gasteiger partial charge in [0.2, 0.25) is 0 Å². The second-order valence-corrected chi connectivity index (χ2v) is 6.10. The predicted molar refractivity (Wildman–Crippen MR) is 79.3 cm³/mol. The lowest BCUT2D eigenvalue weighted by Crippen LogP contribution is -2.34. The number of carbonyl (C=O) groups excluding carboxylic acids is 1. The summed E-state index contributed by atoms with van der Waals surface area (Å²) in [5, 5.41) is 6.95. The first kappa shape index (κ1) is 16.5. The van der Waals surface area contributed by atoms with Crippen molar-refractivity contribution in [1.82, 2.24) is 24.6 Å². The first-order valence-corrected chi connectivity index (χ1v) is 7.66. The minimum atomic E-state index is -4.43. The number of halogens is 3. The maximum Gasteiger partial charge on any atom is 0.434 e. The number of hydrogen-bond donors (Lipinski definition) is 1. The SMILES string of the molecule is Cc1cc(C(=O)NC[C@@H]2CCc3nc(C(F)(F)F)cn3C2)n(C)n1. The molecule has 24 heavy (non-hydrogen) atoms. The van der Waals surface area contributed by atoms with E-state index in [9.17, 15) is 18.0 Å². The fourth-order valence-electron chi connectivity index (χ4n) is 2.97. The van der Waals surface area contributed by atoms with Crippen LogP contribution < -0.4 is 5.32 Å². The van der Waals surface area contributed by atoms with Crippen LogP contribution in [0.2, 0.25) is 0 Å². The Morgan fingerprint density at radius 1 is 1.46 bits per heavy atom. The Labute approximate surface area is 136 Å². The van der Waals surface area contributed by atoms with Gasteiger partial charge in [-0.3, -0.25) is 9.48 Å². The summed E-state index contributed by atoms with van der Waals surface area (Å²) < 4.78 is 41.2. The topological polar surface area (TPSA) is 64.7 Å². The smallest absolute Gasteiger partial charge is 0.350 e. The van der Waals surface area contributed by atoms with Gasteiger partial charge in [-0.1, -0.05) is 0 Å². The van der Waals surface area contributed by atoms with Crippen molar-refractivity contribution in [3.8, 4) is 0 Å². The van der Waals surface area contributed by atoms with E-state index in [0.29, 0.717) is 37.4 Å². The zero-order chi connectivity index (χ0) is 17.5. The van der Waals surface area contributed by atoms with Crippen molar-refractivity contribution in [1.29, 1.82) is 0 Å². The van der Waals surface area contributed by atoms with Crippen LogP contribution in [0.4, 0.5) is 13.2 Å². The van der Waals surface area contributed by atoms with Gasteiger partial charge in [-0.15, -0.1) is 0 Å². The van der Waals surface area contributed by atoms with Crippen LogP contribution in [-0.2, 0) is 26.2 Å². The van der Waals surface area contributed by atoms with Gasteiger partial charge in [0, 0.05) is 32.8 Å². The molecule has 0 saturated heterocycles. The van der Waals surface area contributed by atoms with Crippen molar-refractivity contribution < 1.29 is 18.0 Å². The zero-order valence-electron chi connectivity index (χ0n) is 13.4.